The SMILES string of the molecule is CC(O)C(=O)O.CCCC[N+](CCCC)(CCCC)CCCC.[Br-]. The van der Waals surface area contributed by atoms with Crippen molar-refractivity contribution in [3.8, 4) is 0 Å². The molecule has 5 heteroatoms. The van der Waals surface area contributed by atoms with Gasteiger partial charge in [0.05, 0.1) is 26.2 Å². The van der Waals surface area contributed by atoms with Crippen molar-refractivity contribution in [2.24, 2.45) is 0 Å². The average molecular weight is 412 g/mol. The number of unbranched alkanes of at least 4 members (excludes halogenated alkanes) is 4. The Bertz CT molecular complexity index is 236. The summed E-state index contributed by atoms with van der Waals surface area (Å²) in [7, 11) is 0. The molecule has 0 spiro atoms. The van der Waals surface area contributed by atoms with E-state index in [1.165, 1.54) is 89.0 Å². The van der Waals surface area contributed by atoms with E-state index < -0.39 is 12.1 Å². The lowest BCUT2D eigenvalue weighted by Crippen LogP contribution is -3.00. The van der Waals surface area contributed by atoms with Gasteiger partial charge in [-0.3, -0.25) is 0 Å². The van der Waals surface area contributed by atoms with Crippen molar-refractivity contribution in [2.45, 2.75) is 92.1 Å². The molecule has 148 valence electrons. The minimum Gasteiger partial charge on any atom is -1.00 e. The second-order valence-corrected chi connectivity index (χ2v) is 6.66. The summed E-state index contributed by atoms with van der Waals surface area (Å²) in [6.07, 6.45) is 9.83. The number of carboxylic acid groups (broad SMARTS) is 1. The highest BCUT2D eigenvalue weighted by Crippen LogP contribution is 2.16. The monoisotopic (exact) mass is 411 g/mol. The highest BCUT2D eigenvalue weighted by atomic mass is 79.9. The molecule has 24 heavy (non-hydrogen) atoms. The largest absolute Gasteiger partial charge is 1.00 e. The Morgan fingerprint density at radius 2 is 1.00 bits per heavy atom. The van der Waals surface area contributed by atoms with Crippen molar-refractivity contribution >= 4 is 5.97 Å². The fourth-order valence-electron chi connectivity index (χ4n) is 2.64. The molecule has 0 aromatic heterocycles. The Labute approximate surface area is 161 Å². The molecule has 4 nitrogen and oxygen atoms in total. The fourth-order valence-corrected chi connectivity index (χ4v) is 2.64. The minimum atomic E-state index is -1.23. The van der Waals surface area contributed by atoms with Gasteiger partial charge in [0.15, 0.2) is 0 Å². The molecule has 0 rings (SSSR count). The Kier molecular flexibility index (Phi) is 22.9. The van der Waals surface area contributed by atoms with Crippen LogP contribution in [0.1, 0.15) is 86.0 Å². The molecule has 0 aliphatic carbocycles. The van der Waals surface area contributed by atoms with Crippen LogP contribution in [0.5, 0.6) is 0 Å². The normalized spacial score (nSPS) is 11.9. The number of aliphatic hydroxyl groups excluding tert-OH is 1. The van der Waals surface area contributed by atoms with E-state index in [9.17, 15) is 4.79 Å². The van der Waals surface area contributed by atoms with Crippen LogP contribution in [0, 0.1) is 0 Å². The maximum Gasteiger partial charge on any atom is 0.332 e. The number of hydrogen-bond acceptors (Lipinski definition) is 2. The molecule has 0 aromatic carbocycles. The van der Waals surface area contributed by atoms with Crippen LogP contribution >= 0.6 is 0 Å². The van der Waals surface area contributed by atoms with Crippen LogP contribution in [-0.4, -0.2) is 52.9 Å². The first-order valence-corrected chi connectivity index (χ1v) is 9.65. The first kappa shape index (κ1) is 28.7. The van der Waals surface area contributed by atoms with Crippen molar-refractivity contribution in [1.82, 2.24) is 0 Å². The van der Waals surface area contributed by atoms with E-state index in [2.05, 4.69) is 27.7 Å². The lowest BCUT2D eigenvalue weighted by atomic mass is 10.1. The van der Waals surface area contributed by atoms with Crippen molar-refractivity contribution in [3.63, 3.8) is 0 Å². The van der Waals surface area contributed by atoms with Gasteiger partial charge >= 0.3 is 5.97 Å². The minimum absolute atomic E-state index is 0. The van der Waals surface area contributed by atoms with Gasteiger partial charge in [-0.1, -0.05) is 53.4 Å². The van der Waals surface area contributed by atoms with Gasteiger partial charge in [0.1, 0.15) is 6.10 Å². The molecular formula is C19H42BrNO3. The zero-order valence-electron chi connectivity index (χ0n) is 16.7. The van der Waals surface area contributed by atoms with Gasteiger partial charge in [-0.15, -0.1) is 0 Å². The molecule has 0 heterocycles. The Balaban J connectivity index is -0.000000538. The number of quaternary nitrogens is 1. The van der Waals surface area contributed by atoms with E-state index in [0.29, 0.717) is 0 Å². The van der Waals surface area contributed by atoms with Crippen LogP contribution in [0.25, 0.3) is 0 Å². The molecule has 0 saturated heterocycles. The molecule has 0 amide bonds. The van der Waals surface area contributed by atoms with Crippen LogP contribution < -0.4 is 17.0 Å². The van der Waals surface area contributed by atoms with Gasteiger partial charge in [-0.2, -0.15) is 0 Å². The summed E-state index contributed by atoms with van der Waals surface area (Å²) in [5.41, 5.74) is 0. The molecule has 0 aliphatic rings. The van der Waals surface area contributed by atoms with Crippen LogP contribution in [0.4, 0.5) is 0 Å². The maximum atomic E-state index is 9.45. The van der Waals surface area contributed by atoms with E-state index >= 15 is 0 Å². The first-order chi connectivity index (χ1) is 10.9. The average Bonchev–Trinajstić information content (AvgIpc) is 2.54. The zero-order valence-corrected chi connectivity index (χ0v) is 18.3. The van der Waals surface area contributed by atoms with Gasteiger partial charge in [0, 0.05) is 0 Å². The highest BCUT2D eigenvalue weighted by molar-refractivity contribution is 5.71. The molecule has 0 aromatic rings. The first-order valence-electron chi connectivity index (χ1n) is 9.65. The Morgan fingerprint density at radius 3 is 1.12 bits per heavy atom. The topological polar surface area (TPSA) is 57.5 Å². The molecule has 1 unspecified atom stereocenters. The van der Waals surface area contributed by atoms with E-state index in [1.54, 1.807) is 0 Å². The van der Waals surface area contributed by atoms with Crippen LogP contribution in [0.3, 0.4) is 0 Å². The summed E-state index contributed by atoms with van der Waals surface area (Å²) in [4.78, 5) is 9.45. The van der Waals surface area contributed by atoms with E-state index in [-0.39, 0.29) is 17.0 Å². The summed E-state index contributed by atoms with van der Waals surface area (Å²) >= 11 is 0. The lowest BCUT2D eigenvalue weighted by molar-refractivity contribution is -0.929. The Hall–Kier alpha value is -0.130. The quantitative estimate of drug-likeness (QED) is 0.451. The number of carboxylic acids is 1. The number of aliphatic carboxylic acids is 1. The maximum absolute atomic E-state index is 9.45. The van der Waals surface area contributed by atoms with Crippen LogP contribution in [-0.2, 0) is 4.79 Å². The van der Waals surface area contributed by atoms with E-state index in [4.69, 9.17) is 10.2 Å². The lowest BCUT2D eigenvalue weighted by Gasteiger charge is -2.39. The summed E-state index contributed by atoms with van der Waals surface area (Å²) < 4.78 is 1.42. The summed E-state index contributed by atoms with van der Waals surface area (Å²) in [6.45, 7) is 16.2. The summed E-state index contributed by atoms with van der Waals surface area (Å²) in [5.74, 6) is -1.19. The standard InChI is InChI=1S/C16H36N.C3H6O3.BrH/c1-5-9-13-17(14-10-6-2,15-11-7-3)16-12-8-4;1-2(4)3(5)6;/h5-16H2,1-4H3;2,4H,1H3,(H,5,6);1H/q+1;;/p-1. The number of aliphatic hydroxyl groups is 1. The van der Waals surface area contributed by atoms with Gasteiger partial charge < -0.3 is 31.7 Å². The number of hydrogen-bond donors (Lipinski definition) is 2. The predicted octanol–water partition coefficient (Wildman–Crippen LogP) is 1.46. The van der Waals surface area contributed by atoms with Crippen molar-refractivity contribution in [3.05, 3.63) is 0 Å². The smallest absolute Gasteiger partial charge is 0.332 e. The third-order valence-electron chi connectivity index (χ3n) is 4.30. The Morgan fingerprint density at radius 1 is 0.792 bits per heavy atom. The van der Waals surface area contributed by atoms with Crippen molar-refractivity contribution < 1.29 is 36.5 Å². The molecule has 0 fully saturated rings. The fraction of sp³-hybridized carbons (Fsp3) is 0.947. The summed E-state index contributed by atoms with van der Waals surface area (Å²) in [5, 5.41) is 15.8. The van der Waals surface area contributed by atoms with Gasteiger partial charge in [-0.05, 0) is 32.6 Å². The molecule has 1 atom stereocenters. The number of nitrogens with zero attached hydrogens (tertiary/aromatic N) is 1. The number of halogens is 1. The third kappa shape index (κ3) is 16.7. The third-order valence-corrected chi connectivity index (χ3v) is 4.30. The van der Waals surface area contributed by atoms with Gasteiger partial charge in [0.25, 0.3) is 0 Å². The highest BCUT2D eigenvalue weighted by Gasteiger charge is 2.24. The van der Waals surface area contributed by atoms with Crippen molar-refractivity contribution in [1.29, 1.82) is 0 Å². The molecule has 0 aliphatic heterocycles. The predicted molar refractivity (Wildman–Crippen MR) is 98.7 cm³/mol. The van der Waals surface area contributed by atoms with Crippen LogP contribution in [0.2, 0.25) is 0 Å². The number of rotatable bonds is 13. The molecule has 0 saturated carbocycles. The number of carbonyl (C=O) groups is 1. The van der Waals surface area contributed by atoms with E-state index in [0.717, 1.165) is 0 Å². The second kappa shape index (κ2) is 19.2. The van der Waals surface area contributed by atoms with Gasteiger partial charge in [-0.25, -0.2) is 4.79 Å². The second-order valence-electron chi connectivity index (χ2n) is 6.66. The molecule has 0 radical (unpaired) electrons. The van der Waals surface area contributed by atoms with Crippen LogP contribution in [0.15, 0.2) is 0 Å². The molecule has 0 bridgehead atoms. The van der Waals surface area contributed by atoms with E-state index in [1.807, 2.05) is 0 Å². The molecular weight excluding hydrogens is 370 g/mol. The van der Waals surface area contributed by atoms with Gasteiger partial charge in [0.2, 0.25) is 0 Å². The zero-order chi connectivity index (χ0) is 18.1. The molecule has 2 N–H and O–H groups in total. The van der Waals surface area contributed by atoms with Crippen molar-refractivity contribution in [2.75, 3.05) is 26.2 Å². The summed E-state index contributed by atoms with van der Waals surface area (Å²) in [6, 6.07) is 0.